The maximum Gasteiger partial charge on any atom is 0.0546 e. The Hall–Kier alpha value is -8.46. The van der Waals surface area contributed by atoms with Gasteiger partial charge in [-0.25, -0.2) is 0 Å². The van der Waals surface area contributed by atoms with E-state index < -0.39 is 0 Å². The first-order valence-corrected chi connectivity index (χ1v) is 22.0. The van der Waals surface area contributed by atoms with Gasteiger partial charge in [0.15, 0.2) is 0 Å². The third-order valence-electron chi connectivity index (χ3n) is 12.8. The summed E-state index contributed by atoms with van der Waals surface area (Å²) in [7, 11) is 0. The molecule has 0 radical (unpaired) electrons. The quantitative estimate of drug-likeness (QED) is 0.151. The van der Waals surface area contributed by atoms with Gasteiger partial charge in [0.25, 0.3) is 0 Å². The summed E-state index contributed by atoms with van der Waals surface area (Å²) in [5, 5.41) is 11.9. The third kappa shape index (κ3) is 6.44. The maximum absolute atomic E-state index is 2.50. The number of rotatable bonds is 8. The molecule has 0 heterocycles. The van der Waals surface area contributed by atoms with Crippen molar-refractivity contribution in [2.24, 2.45) is 0 Å². The number of anilines is 6. The molecule has 0 saturated heterocycles. The average molecular weight is 815 g/mol. The van der Waals surface area contributed by atoms with Gasteiger partial charge in [-0.15, -0.1) is 0 Å². The SMILES string of the molecule is c1ccc(-c2cc3cc(N(c4cccc5ccccc45)c4cccc5ccccc45)c(-c4ccccc4)cc3cc2N(c2cccc3ccccc23)c2cccc3ccccc23)cc1. The van der Waals surface area contributed by atoms with Crippen LogP contribution in [0.2, 0.25) is 0 Å². The molecule has 2 nitrogen and oxygen atoms in total. The van der Waals surface area contributed by atoms with Crippen LogP contribution in [0.4, 0.5) is 34.1 Å². The highest BCUT2D eigenvalue weighted by molar-refractivity contribution is 6.12. The van der Waals surface area contributed by atoms with Crippen LogP contribution >= 0.6 is 0 Å². The zero-order valence-electron chi connectivity index (χ0n) is 35.1. The van der Waals surface area contributed by atoms with Gasteiger partial charge in [-0.2, -0.15) is 0 Å². The third-order valence-corrected chi connectivity index (χ3v) is 12.8. The molecular weight excluding hydrogens is 773 g/mol. The molecule has 12 aromatic carbocycles. The van der Waals surface area contributed by atoms with Crippen molar-refractivity contribution in [2.45, 2.75) is 0 Å². The Bertz CT molecular complexity index is 3260. The molecule has 0 unspecified atom stereocenters. The van der Waals surface area contributed by atoms with Crippen LogP contribution in [0.15, 0.2) is 255 Å². The standard InChI is InChI=1S/C62H42N2/c1-3-19-47(20-4-1)55-39-49-42-62(64(59-37-17-29-45-25-9-13-33-53(45)59)60-38-18-30-46-26-10-14-34-54(46)60)56(48-21-5-2-6-22-48)40-50(49)41-61(55)63(57-35-15-27-43-23-7-11-31-51(43)57)58-36-16-28-44-24-8-12-32-52(44)58/h1-42H. The Balaban J connectivity index is 1.20. The van der Waals surface area contributed by atoms with Crippen molar-refractivity contribution in [3.63, 3.8) is 0 Å². The van der Waals surface area contributed by atoms with Crippen molar-refractivity contribution in [1.29, 1.82) is 0 Å². The Morgan fingerprint density at radius 3 is 0.766 bits per heavy atom. The van der Waals surface area contributed by atoms with Crippen LogP contribution in [0.3, 0.4) is 0 Å². The van der Waals surface area contributed by atoms with Gasteiger partial charge in [0.05, 0.1) is 34.1 Å². The second-order valence-corrected chi connectivity index (χ2v) is 16.5. The highest BCUT2D eigenvalue weighted by Gasteiger charge is 2.25. The van der Waals surface area contributed by atoms with Crippen molar-refractivity contribution >= 4 is 88.0 Å². The van der Waals surface area contributed by atoms with Gasteiger partial charge >= 0.3 is 0 Å². The lowest BCUT2D eigenvalue weighted by Gasteiger charge is -2.32. The molecule has 0 aromatic heterocycles. The summed E-state index contributed by atoms with van der Waals surface area (Å²) in [6, 6.07) is 93.1. The number of hydrogen-bond donors (Lipinski definition) is 0. The first-order valence-electron chi connectivity index (χ1n) is 22.0. The Morgan fingerprint density at radius 2 is 0.453 bits per heavy atom. The normalized spacial score (nSPS) is 11.4. The first-order chi connectivity index (χ1) is 31.8. The number of fused-ring (bicyclic) bond motifs is 5. The van der Waals surface area contributed by atoms with Crippen LogP contribution in [0.5, 0.6) is 0 Å². The fourth-order valence-corrected chi connectivity index (χ4v) is 9.79. The van der Waals surface area contributed by atoms with Gasteiger partial charge in [0, 0.05) is 32.7 Å². The number of nitrogens with zero attached hydrogens (tertiary/aromatic N) is 2. The van der Waals surface area contributed by atoms with Crippen LogP contribution in [0, 0.1) is 0 Å². The summed E-state index contributed by atoms with van der Waals surface area (Å²) in [4.78, 5) is 5.00. The molecule has 0 bridgehead atoms. The zero-order chi connectivity index (χ0) is 42.4. The molecule has 0 atom stereocenters. The van der Waals surface area contributed by atoms with E-state index in [-0.39, 0.29) is 0 Å². The fourth-order valence-electron chi connectivity index (χ4n) is 9.79. The summed E-state index contributed by atoms with van der Waals surface area (Å²) in [5.41, 5.74) is 11.3. The molecule has 12 rings (SSSR count). The van der Waals surface area contributed by atoms with Crippen molar-refractivity contribution in [3.8, 4) is 22.3 Å². The summed E-state index contributed by atoms with van der Waals surface area (Å²) in [6.45, 7) is 0. The van der Waals surface area contributed by atoms with Crippen molar-refractivity contribution in [3.05, 3.63) is 255 Å². The van der Waals surface area contributed by atoms with Gasteiger partial charge in [-0.05, 0) is 92.0 Å². The van der Waals surface area contributed by atoms with Crippen molar-refractivity contribution < 1.29 is 0 Å². The monoisotopic (exact) mass is 814 g/mol. The topological polar surface area (TPSA) is 6.48 Å². The molecule has 0 saturated carbocycles. The molecule has 0 aliphatic heterocycles. The smallest absolute Gasteiger partial charge is 0.0546 e. The second kappa shape index (κ2) is 15.8. The van der Waals surface area contributed by atoms with E-state index in [1.165, 1.54) is 43.1 Å². The molecule has 0 fully saturated rings. The molecule has 64 heavy (non-hydrogen) atoms. The van der Waals surface area contributed by atoms with Gasteiger partial charge in [-0.1, -0.05) is 206 Å². The van der Waals surface area contributed by atoms with Crippen LogP contribution in [-0.2, 0) is 0 Å². The van der Waals surface area contributed by atoms with E-state index in [4.69, 9.17) is 0 Å². The van der Waals surface area contributed by atoms with E-state index in [0.29, 0.717) is 0 Å². The van der Waals surface area contributed by atoms with Crippen LogP contribution in [0.1, 0.15) is 0 Å². The lowest BCUT2D eigenvalue weighted by atomic mass is 9.92. The van der Waals surface area contributed by atoms with Crippen LogP contribution < -0.4 is 9.80 Å². The summed E-state index contributed by atoms with van der Waals surface area (Å²) < 4.78 is 0. The summed E-state index contributed by atoms with van der Waals surface area (Å²) >= 11 is 0. The van der Waals surface area contributed by atoms with E-state index in [0.717, 1.165) is 67.2 Å². The summed E-state index contributed by atoms with van der Waals surface area (Å²) in [5.74, 6) is 0. The molecule has 0 spiro atoms. The lowest BCUT2D eigenvalue weighted by molar-refractivity contribution is 1.31. The minimum absolute atomic E-state index is 1.11. The molecule has 12 aromatic rings. The molecule has 300 valence electrons. The van der Waals surface area contributed by atoms with Crippen LogP contribution in [0.25, 0.3) is 76.1 Å². The Labute approximate surface area is 373 Å². The van der Waals surface area contributed by atoms with E-state index in [2.05, 4.69) is 265 Å². The zero-order valence-corrected chi connectivity index (χ0v) is 35.1. The lowest BCUT2D eigenvalue weighted by Crippen LogP contribution is -2.13. The maximum atomic E-state index is 2.50. The average Bonchev–Trinajstić information content (AvgIpc) is 3.37. The van der Waals surface area contributed by atoms with Gasteiger partial charge in [0.1, 0.15) is 0 Å². The highest BCUT2D eigenvalue weighted by Crippen LogP contribution is 2.51. The van der Waals surface area contributed by atoms with Crippen molar-refractivity contribution in [2.75, 3.05) is 9.80 Å². The summed E-state index contributed by atoms with van der Waals surface area (Å²) in [6.07, 6.45) is 0. The van der Waals surface area contributed by atoms with E-state index in [9.17, 15) is 0 Å². The molecular formula is C62H42N2. The number of hydrogen-bond acceptors (Lipinski definition) is 2. The molecule has 0 amide bonds. The van der Waals surface area contributed by atoms with Crippen molar-refractivity contribution in [1.82, 2.24) is 0 Å². The van der Waals surface area contributed by atoms with Gasteiger partial charge < -0.3 is 9.80 Å². The van der Waals surface area contributed by atoms with Gasteiger partial charge in [0.2, 0.25) is 0 Å². The molecule has 0 aliphatic rings. The largest absolute Gasteiger partial charge is 0.309 e. The predicted octanol–water partition coefficient (Wildman–Crippen LogP) is 17.7. The van der Waals surface area contributed by atoms with E-state index >= 15 is 0 Å². The Kier molecular flexibility index (Phi) is 9.20. The second-order valence-electron chi connectivity index (χ2n) is 16.5. The highest BCUT2D eigenvalue weighted by atomic mass is 15.2. The fraction of sp³-hybridized carbons (Fsp3) is 0. The van der Waals surface area contributed by atoms with E-state index in [1.807, 2.05) is 0 Å². The first kappa shape index (κ1) is 37.3. The predicted molar refractivity (Wildman–Crippen MR) is 274 cm³/mol. The molecule has 0 N–H and O–H groups in total. The van der Waals surface area contributed by atoms with Gasteiger partial charge in [-0.3, -0.25) is 0 Å². The molecule has 2 heteroatoms. The Morgan fingerprint density at radius 1 is 0.188 bits per heavy atom. The molecule has 0 aliphatic carbocycles. The van der Waals surface area contributed by atoms with E-state index in [1.54, 1.807) is 0 Å². The minimum atomic E-state index is 1.11. The minimum Gasteiger partial charge on any atom is -0.309 e. The number of benzene rings is 12. The van der Waals surface area contributed by atoms with Crippen LogP contribution in [-0.4, -0.2) is 0 Å².